The molecule has 106 valence electrons. The van der Waals surface area contributed by atoms with Crippen molar-refractivity contribution < 1.29 is 4.74 Å². The van der Waals surface area contributed by atoms with Gasteiger partial charge in [0.1, 0.15) is 11.6 Å². The van der Waals surface area contributed by atoms with Gasteiger partial charge in [0, 0.05) is 25.2 Å². The second-order valence-electron chi connectivity index (χ2n) is 4.09. The van der Waals surface area contributed by atoms with Crippen molar-refractivity contribution in [2.24, 2.45) is 5.73 Å². The number of nitrogens with one attached hydrogen (secondary N) is 1. The highest BCUT2D eigenvalue weighted by Crippen LogP contribution is 2.33. The van der Waals surface area contributed by atoms with Crippen LogP contribution in [0.5, 0.6) is 5.75 Å². The van der Waals surface area contributed by atoms with Crippen LogP contribution in [0.25, 0.3) is 11.3 Å². The molecule has 2 aromatic rings. The van der Waals surface area contributed by atoms with E-state index in [0.717, 1.165) is 11.1 Å². The lowest BCUT2D eigenvalue weighted by atomic mass is 10.0. The maximum absolute atomic E-state index is 6.17. The van der Waals surface area contributed by atoms with Crippen LogP contribution in [0, 0.1) is 0 Å². The number of nitrogens with zero attached hydrogens (tertiary/aromatic N) is 2. The molecule has 2 rings (SSSR count). The first-order valence-corrected chi connectivity index (χ1v) is 6.36. The van der Waals surface area contributed by atoms with E-state index >= 15 is 0 Å². The lowest BCUT2D eigenvalue weighted by molar-refractivity contribution is 0.414. The van der Waals surface area contributed by atoms with Gasteiger partial charge in [-0.3, -0.25) is 0 Å². The molecule has 0 spiro atoms. The molecule has 20 heavy (non-hydrogen) atoms. The summed E-state index contributed by atoms with van der Waals surface area (Å²) in [4.78, 5) is 8.29. The van der Waals surface area contributed by atoms with E-state index < -0.39 is 0 Å². The first-order chi connectivity index (χ1) is 9.58. The number of ether oxygens (including phenoxy) is 1. The minimum atomic E-state index is 0.182. The largest absolute Gasteiger partial charge is 0.495 e. The standard InChI is InChI=1S/C13H16ClN5O/c1-17-12-5-10(18-13(16)19-12)8-4-9(14)11(20-2)3-7(8)6-15/h3-5H,6,15H2,1-2H3,(H3,16,17,18,19). The van der Waals surface area contributed by atoms with Crippen molar-refractivity contribution in [1.82, 2.24) is 9.97 Å². The van der Waals surface area contributed by atoms with Crippen molar-refractivity contribution >= 4 is 23.4 Å². The summed E-state index contributed by atoms with van der Waals surface area (Å²) in [6, 6.07) is 5.35. The van der Waals surface area contributed by atoms with Crippen molar-refractivity contribution in [3.8, 4) is 17.0 Å². The fourth-order valence-corrected chi connectivity index (χ4v) is 2.13. The Balaban J connectivity index is 2.62. The predicted molar refractivity (Wildman–Crippen MR) is 80.9 cm³/mol. The summed E-state index contributed by atoms with van der Waals surface area (Å²) >= 11 is 6.17. The highest BCUT2D eigenvalue weighted by atomic mass is 35.5. The van der Waals surface area contributed by atoms with Crippen LogP contribution in [0.1, 0.15) is 5.56 Å². The summed E-state index contributed by atoms with van der Waals surface area (Å²) in [7, 11) is 3.32. The van der Waals surface area contributed by atoms with Crippen LogP contribution in [0.15, 0.2) is 18.2 Å². The van der Waals surface area contributed by atoms with Gasteiger partial charge in [-0.2, -0.15) is 4.98 Å². The molecule has 0 fully saturated rings. The summed E-state index contributed by atoms with van der Waals surface area (Å²) in [6.07, 6.45) is 0. The lowest BCUT2D eigenvalue weighted by Gasteiger charge is -2.12. The van der Waals surface area contributed by atoms with E-state index in [2.05, 4.69) is 15.3 Å². The number of hydrogen-bond acceptors (Lipinski definition) is 6. The quantitative estimate of drug-likeness (QED) is 0.796. The van der Waals surface area contributed by atoms with Crippen molar-refractivity contribution in [3.63, 3.8) is 0 Å². The van der Waals surface area contributed by atoms with E-state index in [1.54, 1.807) is 32.4 Å². The Morgan fingerprint density at radius 2 is 2.05 bits per heavy atom. The van der Waals surface area contributed by atoms with Gasteiger partial charge in [-0.05, 0) is 17.7 Å². The van der Waals surface area contributed by atoms with E-state index in [4.69, 9.17) is 27.8 Å². The predicted octanol–water partition coefficient (Wildman–Crippen LogP) is 1.89. The molecule has 0 atom stereocenters. The van der Waals surface area contributed by atoms with Crippen molar-refractivity contribution in [2.75, 3.05) is 25.2 Å². The van der Waals surface area contributed by atoms with Crippen molar-refractivity contribution in [1.29, 1.82) is 0 Å². The molecule has 0 bridgehead atoms. The number of nitrogen functional groups attached to an aromatic ring is 1. The maximum Gasteiger partial charge on any atom is 0.222 e. The number of halogens is 1. The molecule has 0 amide bonds. The fraction of sp³-hybridized carbons (Fsp3) is 0.231. The monoisotopic (exact) mass is 293 g/mol. The summed E-state index contributed by atoms with van der Waals surface area (Å²) < 4.78 is 5.19. The molecule has 1 aromatic carbocycles. The Hall–Kier alpha value is -2.05. The van der Waals surface area contributed by atoms with Gasteiger partial charge in [0.25, 0.3) is 0 Å². The number of rotatable bonds is 4. The lowest BCUT2D eigenvalue weighted by Crippen LogP contribution is -2.04. The van der Waals surface area contributed by atoms with E-state index in [0.29, 0.717) is 28.8 Å². The zero-order chi connectivity index (χ0) is 14.7. The first-order valence-electron chi connectivity index (χ1n) is 5.98. The van der Waals surface area contributed by atoms with Gasteiger partial charge in [0.2, 0.25) is 5.95 Å². The second-order valence-corrected chi connectivity index (χ2v) is 4.50. The Morgan fingerprint density at radius 3 is 2.65 bits per heavy atom. The molecular weight excluding hydrogens is 278 g/mol. The van der Waals surface area contributed by atoms with Gasteiger partial charge in [0.15, 0.2) is 0 Å². The molecule has 5 N–H and O–H groups in total. The van der Waals surface area contributed by atoms with Gasteiger partial charge >= 0.3 is 0 Å². The molecule has 0 aliphatic heterocycles. The number of benzene rings is 1. The van der Waals surface area contributed by atoms with E-state index in [9.17, 15) is 0 Å². The van der Waals surface area contributed by atoms with Crippen LogP contribution in [0.3, 0.4) is 0 Å². The van der Waals surface area contributed by atoms with E-state index in [1.807, 2.05) is 0 Å². The zero-order valence-electron chi connectivity index (χ0n) is 11.3. The average Bonchev–Trinajstić information content (AvgIpc) is 2.46. The normalized spacial score (nSPS) is 10.4. The number of hydrogen-bond donors (Lipinski definition) is 3. The smallest absolute Gasteiger partial charge is 0.222 e. The molecule has 0 unspecified atom stereocenters. The molecule has 1 heterocycles. The molecule has 6 nitrogen and oxygen atoms in total. The summed E-state index contributed by atoms with van der Waals surface area (Å²) in [5.41, 5.74) is 13.8. The third kappa shape index (κ3) is 2.76. The summed E-state index contributed by atoms with van der Waals surface area (Å²) in [5.74, 6) is 1.39. The topological polar surface area (TPSA) is 99.1 Å². The summed E-state index contributed by atoms with van der Waals surface area (Å²) in [6.45, 7) is 0.335. The van der Waals surface area contributed by atoms with Crippen LogP contribution < -0.4 is 21.5 Å². The molecule has 0 saturated carbocycles. The third-order valence-corrected chi connectivity index (χ3v) is 3.17. The molecular formula is C13H16ClN5O. The van der Waals surface area contributed by atoms with Gasteiger partial charge in [-0.25, -0.2) is 4.98 Å². The first kappa shape index (κ1) is 14.4. The molecule has 0 saturated heterocycles. The van der Waals surface area contributed by atoms with Crippen LogP contribution in [0.2, 0.25) is 5.02 Å². The minimum Gasteiger partial charge on any atom is -0.495 e. The third-order valence-electron chi connectivity index (χ3n) is 2.87. The van der Waals surface area contributed by atoms with Crippen LogP contribution in [-0.2, 0) is 6.54 Å². The number of nitrogens with two attached hydrogens (primary N) is 2. The molecule has 1 aromatic heterocycles. The Morgan fingerprint density at radius 1 is 1.30 bits per heavy atom. The van der Waals surface area contributed by atoms with Gasteiger partial charge in [-0.15, -0.1) is 0 Å². The SMILES string of the molecule is CNc1cc(-c2cc(Cl)c(OC)cc2CN)nc(N)n1. The van der Waals surface area contributed by atoms with E-state index in [-0.39, 0.29) is 5.95 Å². The van der Waals surface area contributed by atoms with E-state index in [1.165, 1.54) is 0 Å². The van der Waals surface area contributed by atoms with Gasteiger partial charge in [-0.1, -0.05) is 11.6 Å². The maximum atomic E-state index is 6.17. The van der Waals surface area contributed by atoms with Crippen LogP contribution in [0.4, 0.5) is 11.8 Å². The number of aromatic nitrogens is 2. The van der Waals surface area contributed by atoms with Crippen LogP contribution >= 0.6 is 11.6 Å². The highest BCUT2D eigenvalue weighted by Gasteiger charge is 2.12. The van der Waals surface area contributed by atoms with Crippen molar-refractivity contribution in [2.45, 2.75) is 6.54 Å². The van der Waals surface area contributed by atoms with Crippen molar-refractivity contribution in [3.05, 3.63) is 28.8 Å². The zero-order valence-corrected chi connectivity index (χ0v) is 12.0. The second kappa shape index (κ2) is 5.94. The molecule has 0 aliphatic rings. The molecule has 0 radical (unpaired) electrons. The van der Waals surface area contributed by atoms with Crippen LogP contribution in [-0.4, -0.2) is 24.1 Å². The number of methoxy groups -OCH3 is 1. The average molecular weight is 294 g/mol. The van der Waals surface area contributed by atoms with Gasteiger partial charge in [0.05, 0.1) is 17.8 Å². The minimum absolute atomic E-state index is 0.182. The Bertz CT molecular complexity index is 632. The molecule has 7 heteroatoms. The summed E-state index contributed by atoms with van der Waals surface area (Å²) in [5, 5.41) is 3.42. The number of anilines is 2. The van der Waals surface area contributed by atoms with Gasteiger partial charge < -0.3 is 21.5 Å². The Kier molecular flexibility index (Phi) is 4.26. The fourth-order valence-electron chi connectivity index (χ4n) is 1.89. The molecule has 0 aliphatic carbocycles. The Labute approximate surface area is 122 Å². The highest BCUT2D eigenvalue weighted by molar-refractivity contribution is 6.32.